The average molecular weight is 313 g/mol. The maximum absolute atomic E-state index is 5.44. The lowest BCUT2D eigenvalue weighted by atomic mass is 10.0. The van der Waals surface area contributed by atoms with Gasteiger partial charge in [0.25, 0.3) is 0 Å². The first kappa shape index (κ1) is 21.9. The predicted octanol–water partition coefficient (Wildman–Crippen LogP) is 5.65. The Bertz CT molecular complexity index is 192. The lowest BCUT2D eigenvalue weighted by Crippen LogP contribution is -2.23. The fraction of sp³-hybridized carbons (Fsp3) is 1.00. The third-order valence-electron chi connectivity index (χ3n) is 4.46. The topological polar surface area (TPSA) is 38.0 Å². The van der Waals surface area contributed by atoms with Crippen LogP contribution in [0.15, 0.2) is 0 Å². The second kappa shape index (κ2) is 19.0. The van der Waals surface area contributed by atoms with Crippen molar-refractivity contribution in [1.82, 2.24) is 5.32 Å². The zero-order valence-electron chi connectivity index (χ0n) is 15.7. The number of unbranched alkanes of at least 4 members (excludes halogenated alkanes) is 12. The number of nitrogens with one attached hydrogen (secondary N) is 1. The van der Waals surface area contributed by atoms with Gasteiger partial charge in [0.2, 0.25) is 0 Å². The van der Waals surface area contributed by atoms with E-state index in [1.807, 2.05) is 0 Å². The molecule has 0 saturated heterocycles. The normalized spacial score (nSPS) is 11.5. The molecule has 0 fully saturated rings. The van der Waals surface area contributed by atoms with E-state index in [1.165, 1.54) is 89.9 Å². The Morgan fingerprint density at radius 3 is 1.41 bits per heavy atom. The Labute approximate surface area is 141 Å². The van der Waals surface area contributed by atoms with Crippen molar-refractivity contribution >= 4 is 0 Å². The maximum Gasteiger partial charge on any atom is 0.00745 e. The molecule has 0 aliphatic rings. The van der Waals surface area contributed by atoms with E-state index in [9.17, 15) is 0 Å². The highest BCUT2D eigenvalue weighted by molar-refractivity contribution is 4.52. The highest BCUT2D eigenvalue weighted by Gasteiger charge is 1.96. The number of rotatable bonds is 18. The van der Waals surface area contributed by atoms with E-state index >= 15 is 0 Å². The summed E-state index contributed by atoms with van der Waals surface area (Å²) >= 11 is 0. The van der Waals surface area contributed by atoms with Gasteiger partial charge in [0.05, 0.1) is 0 Å². The highest BCUT2D eigenvalue weighted by Crippen LogP contribution is 2.14. The van der Waals surface area contributed by atoms with Gasteiger partial charge < -0.3 is 11.1 Å². The largest absolute Gasteiger partial charge is 0.329 e. The summed E-state index contributed by atoms with van der Waals surface area (Å²) < 4.78 is 0. The summed E-state index contributed by atoms with van der Waals surface area (Å²) in [6, 6.07) is 0. The van der Waals surface area contributed by atoms with E-state index in [0.717, 1.165) is 25.6 Å². The SMILES string of the molecule is CC(C)CCCCCCCCCCCCCCCNCCN. The van der Waals surface area contributed by atoms with Gasteiger partial charge in [0.15, 0.2) is 0 Å². The van der Waals surface area contributed by atoms with Crippen LogP contribution in [0.3, 0.4) is 0 Å². The number of hydrogen-bond acceptors (Lipinski definition) is 2. The van der Waals surface area contributed by atoms with Crippen LogP contribution in [-0.2, 0) is 0 Å². The summed E-state index contributed by atoms with van der Waals surface area (Å²) in [4.78, 5) is 0. The monoisotopic (exact) mass is 312 g/mol. The average Bonchev–Trinajstić information content (AvgIpc) is 2.50. The molecule has 0 heterocycles. The van der Waals surface area contributed by atoms with Crippen LogP contribution in [0.2, 0.25) is 0 Å². The molecule has 22 heavy (non-hydrogen) atoms. The summed E-state index contributed by atoms with van der Waals surface area (Å²) in [6.45, 7) is 7.54. The van der Waals surface area contributed by atoms with Gasteiger partial charge in [-0.05, 0) is 18.9 Å². The molecule has 0 aliphatic carbocycles. The fourth-order valence-electron chi connectivity index (χ4n) is 2.97. The molecule has 0 aromatic heterocycles. The van der Waals surface area contributed by atoms with Crippen LogP contribution in [0.25, 0.3) is 0 Å². The molecule has 0 amide bonds. The van der Waals surface area contributed by atoms with Crippen LogP contribution in [0.4, 0.5) is 0 Å². The van der Waals surface area contributed by atoms with Gasteiger partial charge in [-0.1, -0.05) is 97.3 Å². The highest BCUT2D eigenvalue weighted by atomic mass is 14.9. The van der Waals surface area contributed by atoms with Crippen LogP contribution >= 0.6 is 0 Å². The molecule has 2 nitrogen and oxygen atoms in total. The van der Waals surface area contributed by atoms with Crippen molar-refractivity contribution < 1.29 is 0 Å². The zero-order chi connectivity index (χ0) is 16.3. The lowest BCUT2D eigenvalue weighted by Gasteiger charge is -2.05. The van der Waals surface area contributed by atoms with Crippen LogP contribution in [-0.4, -0.2) is 19.6 Å². The molecule has 0 spiro atoms. The van der Waals surface area contributed by atoms with Gasteiger partial charge in [-0.15, -0.1) is 0 Å². The first-order valence-electron chi connectivity index (χ1n) is 10.2. The summed E-state index contributed by atoms with van der Waals surface area (Å²) in [6.07, 6.45) is 20.1. The van der Waals surface area contributed by atoms with Gasteiger partial charge >= 0.3 is 0 Å². The number of hydrogen-bond donors (Lipinski definition) is 2. The Balaban J connectivity index is 2.94. The summed E-state index contributed by atoms with van der Waals surface area (Å²) in [5, 5.41) is 3.36. The lowest BCUT2D eigenvalue weighted by molar-refractivity contribution is 0.502. The summed E-state index contributed by atoms with van der Waals surface area (Å²) in [7, 11) is 0. The van der Waals surface area contributed by atoms with Gasteiger partial charge in [-0.25, -0.2) is 0 Å². The molecule has 0 unspecified atom stereocenters. The van der Waals surface area contributed by atoms with Crippen molar-refractivity contribution in [2.75, 3.05) is 19.6 Å². The molecular weight excluding hydrogens is 268 g/mol. The van der Waals surface area contributed by atoms with Crippen LogP contribution in [0.5, 0.6) is 0 Å². The number of nitrogens with two attached hydrogens (primary N) is 1. The molecule has 0 aromatic carbocycles. The van der Waals surface area contributed by atoms with Crippen molar-refractivity contribution in [3.8, 4) is 0 Å². The van der Waals surface area contributed by atoms with Gasteiger partial charge in [0, 0.05) is 13.1 Å². The minimum atomic E-state index is 0.762. The quantitative estimate of drug-likeness (QED) is 0.321. The molecule has 0 saturated carbocycles. The third-order valence-corrected chi connectivity index (χ3v) is 4.46. The molecule has 0 bridgehead atoms. The molecule has 0 aromatic rings. The van der Waals surface area contributed by atoms with Crippen LogP contribution in [0.1, 0.15) is 104 Å². The zero-order valence-corrected chi connectivity index (χ0v) is 15.7. The van der Waals surface area contributed by atoms with Crippen molar-refractivity contribution in [2.45, 2.75) is 104 Å². The molecule has 134 valence electrons. The van der Waals surface area contributed by atoms with E-state index in [-0.39, 0.29) is 0 Å². The molecule has 0 rings (SSSR count). The van der Waals surface area contributed by atoms with Gasteiger partial charge in [-0.2, -0.15) is 0 Å². The Morgan fingerprint density at radius 1 is 0.591 bits per heavy atom. The van der Waals surface area contributed by atoms with Crippen molar-refractivity contribution in [3.63, 3.8) is 0 Å². The molecule has 3 N–H and O–H groups in total. The van der Waals surface area contributed by atoms with Crippen molar-refractivity contribution in [1.29, 1.82) is 0 Å². The minimum Gasteiger partial charge on any atom is -0.329 e. The molecule has 0 radical (unpaired) electrons. The van der Waals surface area contributed by atoms with E-state index in [0.29, 0.717) is 0 Å². The Morgan fingerprint density at radius 2 is 1.00 bits per heavy atom. The van der Waals surface area contributed by atoms with E-state index < -0.39 is 0 Å². The summed E-state index contributed by atoms with van der Waals surface area (Å²) in [5.41, 5.74) is 5.44. The van der Waals surface area contributed by atoms with Crippen molar-refractivity contribution in [3.05, 3.63) is 0 Å². The maximum atomic E-state index is 5.44. The van der Waals surface area contributed by atoms with E-state index in [2.05, 4.69) is 19.2 Å². The second-order valence-corrected chi connectivity index (χ2v) is 7.32. The molecule has 2 heteroatoms. The van der Waals surface area contributed by atoms with Crippen molar-refractivity contribution in [2.24, 2.45) is 11.7 Å². The molecular formula is C20H44N2. The minimum absolute atomic E-state index is 0.762. The second-order valence-electron chi connectivity index (χ2n) is 7.32. The van der Waals surface area contributed by atoms with Crippen LogP contribution < -0.4 is 11.1 Å². The molecule has 0 aliphatic heterocycles. The van der Waals surface area contributed by atoms with Gasteiger partial charge in [-0.3, -0.25) is 0 Å². The summed E-state index contributed by atoms with van der Waals surface area (Å²) in [5.74, 6) is 0.891. The van der Waals surface area contributed by atoms with E-state index in [4.69, 9.17) is 5.73 Å². The van der Waals surface area contributed by atoms with Gasteiger partial charge in [0.1, 0.15) is 0 Å². The first-order chi connectivity index (χ1) is 10.8. The van der Waals surface area contributed by atoms with Crippen LogP contribution in [0, 0.1) is 5.92 Å². The standard InChI is InChI=1S/C20H44N2/c1-20(2)16-14-12-10-8-6-4-3-5-7-9-11-13-15-18-22-19-17-21/h20,22H,3-19,21H2,1-2H3. The third kappa shape index (κ3) is 19.9. The molecule has 0 atom stereocenters. The Kier molecular flexibility index (Phi) is 18.9. The first-order valence-corrected chi connectivity index (χ1v) is 10.2. The fourth-order valence-corrected chi connectivity index (χ4v) is 2.97. The Hall–Kier alpha value is -0.0800. The van der Waals surface area contributed by atoms with E-state index in [1.54, 1.807) is 0 Å². The smallest absolute Gasteiger partial charge is 0.00745 e. The predicted molar refractivity (Wildman–Crippen MR) is 101 cm³/mol.